The zero-order valence-electron chi connectivity index (χ0n) is 24.4. The van der Waals surface area contributed by atoms with E-state index in [0.717, 1.165) is 49.4 Å². The van der Waals surface area contributed by atoms with Crippen LogP contribution < -0.4 is 0 Å². The van der Waals surface area contributed by atoms with Crippen LogP contribution in [0.4, 0.5) is 0 Å². The monoisotopic (exact) mass is 522 g/mol. The number of esters is 1. The number of unbranched alkanes of at least 4 members (excludes halogenated alkanes) is 2. The molecule has 0 heterocycles. The van der Waals surface area contributed by atoms with Crippen LogP contribution >= 0.6 is 0 Å². The largest absolute Gasteiger partial charge is 0.457 e. The molecule has 212 valence electrons. The van der Waals surface area contributed by atoms with Crippen LogP contribution in [0.15, 0.2) is 24.3 Å². The number of ether oxygens (including phenoxy) is 1. The van der Waals surface area contributed by atoms with E-state index in [-0.39, 0.29) is 24.3 Å². The highest BCUT2D eigenvalue weighted by molar-refractivity contribution is 5.98. The van der Waals surface area contributed by atoms with E-state index in [1.807, 2.05) is 12.1 Å². The van der Waals surface area contributed by atoms with Crippen LogP contribution in [0.2, 0.25) is 0 Å². The van der Waals surface area contributed by atoms with Crippen LogP contribution in [0.1, 0.15) is 151 Å². The number of benzene rings is 1. The Morgan fingerprint density at radius 1 is 0.684 bits per heavy atom. The highest BCUT2D eigenvalue weighted by Crippen LogP contribution is 2.42. The lowest BCUT2D eigenvalue weighted by atomic mass is 9.69. The number of rotatable bonds is 12. The van der Waals surface area contributed by atoms with Gasteiger partial charge in [-0.05, 0) is 99.4 Å². The molecule has 3 nitrogen and oxygen atoms in total. The normalized spacial score (nSPS) is 30.1. The first-order chi connectivity index (χ1) is 18.6. The summed E-state index contributed by atoms with van der Waals surface area (Å²) in [7, 11) is 0. The molecule has 1 aromatic carbocycles. The third-order valence-corrected chi connectivity index (χ3v) is 10.5. The van der Waals surface area contributed by atoms with Crippen molar-refractivity contribution in [2.24, 2.45) is 29.6 Å². The molecule has 0 amide bonds. The summed E-state index contributed by atoms with van der Waals surface area (Å²) >= 11 is 0. The van der Waals surface area contributed by atoms with E-state index in [0.29, 0.717) is 11.5 Å². The smallest absolute Gasteiger partial charge is 0.309 e. The summed E-state index contributed by atoms with van der Waals surface area (Å²) in [5.41, 5.74) is 2.03. The fraction of sp³-hybridized carbons (Fsp3) is 0.771. The highest BCUT2D eigenvalue weighted by Gasteiger charge is 2.33. The van der Waals surface area contributed by atoms with Crippen molar-refractivity contribution in [1.29, 1.82) is 0 Å². The molecule has 1 aromatic rings. The van der Waals surface area contributed by atoms with Crippen molar-refractivity contribution in [3.63, 3.8) is 0 Å². The Morgan fingerprint density at radius 2 is 1.26 bits per heavy atom. The molecule has 0 saturated heterocycles. The summed E-state index contributed by atoms with van der Waals surface area (Å²) in [5, 5.41) is 0. The zero-order chi connectivity index (χ0) is 26.7. The molecule has 38 heavy (non-hydrogen) atoms. The zero-order valence-corrected chi connectivity index (χ0v) is 24.4. The lowest BCUT2D eigenvalue weighted by molar-refractivity contribution is -0.149. The molecule has 3 saturated carbocycles. The maximum atomic E-state index is 12.7. The Labute approximate surface area is 232 Å². The average Bonchev–Trinajstić information content (AvgIpc) is 2.97. The van der Waals surface area contributed by atoms with E-state index in [4.69, 9.17) is 4.74 Å². The summed E-state index contributed by atoms with van der Waals surface area (Å²) in [6, 6.07) is 8.15. The van der Waals surface area contributed by atoms with Crippen molar-refractivity contribution in [3.05, 3.63) is 35.4 Å². The second-order valence-electron chi connectivity index (χ2n) is 13.0. The van der Waals surface area contributed by atoms with Gasteiger partial charge in [0.25, 0.3) is 0 Å². The first-order valence-electron chi connectivity index (χ1n) is 16.4. The summed E-state index contributed by atoms with van der Waals surface area (Å²) in [4.78, 5) is 25.5. The molecule has 3 aliphatic carbocycles. The van der Waals surface area contributed by atoms with Crippen LogP contribution in [-0.2, 0) is 9.53 Å². The number of hydrogen-bond acceptors (Lipinski definition) is 3. The Hall–Kier alpha value is -1.64. The van der Waals surface area contributed by atoms with E-state index in [2.05, 4.69) is 26.0 Å². The Balaban J connectivity index is 1.14. The molecule has 0 unspecified atom stereocenters. The quantitative estimate of drug-likeness (QED) is 0.156. The van der Waals surface area contributed by atoms with Gasteiger partial charge in [-0.25, -0.2) is 0 Å². The molecule has 0 spiro atoms. The Morgan fingerprint density at radius 3 is 1.87 bits per heavy atom. The lowest BCUT2D eigenvalue weighted by Crippen LogP contribution is -2.29. The van der Waals surface area contributed by atoms with Crippen molar-refractivity contribution >= 4 is 11.8 Å². The van der Waals surface area contributed by atoms with Crippen molar-refractivity contribution in [2.75, 3.05) is 6.61 Å². The molecular weight excluding hydrogens is 468 g/mol. The third kappa shape index (κ3) is 8.43. The summed E-state index contributed by atoms with van der Waals surface area (Å²) in [6.07, 6.45) is 23.1. The van der Waals surface area contributed by atoms with Crippen LogP contribution in [0, 0.1) is 29.6 Å². The van der Waals surface area contributed by atoms with Gasteiger partial charge in [-0.15, -0.1) is 0 Å². The van der Waals surface area contributed by atoms with Crippen molar-refractivity contribution in [1.82, 2.24) is 0 Å². The second kappa shape index (κ2) is 15.2. The van der Waals surface area contributed by atoms with E-state index < -0.39 is 0 Å². The Bertz CT molecular complexity index is 834. The second-order valence-corrected chi connectivity index (χ2v) is 13.0. The molecule has 0 radical (unpaired) electrons. The van der Waals surface area contributed by atoms with E-state index in [1.54, 1.807) is 0 Å². The molecule has 3 aliphatic rings. The highest BCUT2D eigenvalue weighted by atomic mass is 16.5. The van der Waals surface area contributed by atoms with E-state index >= 15 is 0 Å². The van der Waals surface area contributed by atoms with Crippen LogP contribution in [-0.4, -0.2) is 18.4 Å². The van der Waals surface area contributed by atoms with Gasteiger partial charge < -0.3 is 4.74 Å². The predicted molar refractivity (Wildman–Crippen MR) is 156 cm³/mol. The lowest BCUT2D eigenvalue weighted by Gasteiger charge is -2.37. The molecule has 0 atom stereocenters. The number of carbonyl (C=O) groups is 2. The summed E-state index contributed by atoms with van der Waals surface area (Å²) in [5.74, 6) is 3.89. The van der Waals surface area contributed by atoms with Gasteiger partial charge >= 0.3 is 5.97 Å². The molecule has 3 fully saturated rings. The minimum atomic E-state index is -0.157. The number of carbonyl (C=O) groups excluding carboxylic acids is 2. The minimum absolute atomic E-state index is 0.0186. The Kier molecular flexibility index (Phi) is 11.8. The van der Waals surface area contributed by atoms with Gasteiger partial charge in [0.2, 0.25) is 0 Å². The molecule has 3 heteroatoms. The standard InChI is InChI=1S/C35H54O3/c1-3-5-6-8-27-11-15-29(16-12-27)30-17-21-32(22-18-30)34(36)25-38-35(37)33-23-19-31(20-24-33)28-13-9-26(7-4-2)10-14-28/h17-18,21-22,26-29,31,33H,3-16,19-20,23-25H2,1-2H3. The number of Topliss-reactive ketones (excluding diaryl/α,β-unsaturated/α-hetero) is 1. The number of ketones is 1. The van der Waals surface area contributed by atoms with Gasteiger partial charge in [0.05, 0.1) is 5.92 Å². The minimum Gasteiger partial charge on any atom is -0.457 e. The van der Waals surface area contributed by atoms with Gasteiger partial charge in [-0.2, -0.15) is 0 Å². The van der Waals surface area contributed by atoms with Crippen molar-refractivity contribution in [2.45, 2.75) is 135 Å². The number of hydrogen-bond donors (Lipinski definition) is 0. The van der Waals surface area contributed by atoms with Gasteiger partial charge in [0, 0.05) is 5.56 Å². The molecular formula is C35H54O3. The molecule has 0 N–H and O–H groups in total. The van der Waals surface area contributed by atoms with Crippen molar-refractivity contribution < 1.29 is 14.3 Å². The van der Waals surface area contributed by atoms with Gasteiger partial charge in [-0.1, -0.05) is 89.5 Å². The van der Waals surface area contributed by atoms with E-state index in [9.17, 15) is 9.59 Å². The van der Waals surface area contributed by atoms with Crippen molar-refractivity contribution in [3.8, 4) is 0 Å². The van der Waals surface area contributed by atoms with Gasteiger partial charge in [0.15, 0.2) is 12.4 Å². The van der Waals surface area contributed by atoms with Gasteiger partial charge in [-0.3, -0.25) is 9.59 Å². The predicted octanol–water partition coefficient (Wildman–Crippen LogP) is 9.68. The van der Waals surface area contributed by atoms with Gasteiger partial charge in [0.1, 0.15) is 0 Å². The molecule has 0 aromatic heterocycles. The van der Waals surface area contributed by atoms with Crippen LogP contribution in [0.25, 0.3) is 0 Å². The molecule has 0 aliphatic heterocycles. The third-order valence-electron chi connectivity index (χ3n) is 10.5. The topological polar surface area (TPSA) is 43.4 Å². The average molecular weight is 523 g/mol. The summed E-state index contributed by atoms with van der Waals surface area (Å²) < 4.78 is 5.53. The van der Waals surface area contributed by atoms with E-state index in [1.165, 1.54) is 95.5 Å². The maximum Gasteiger partial charge on any atom is 0.309 e. The fourth-order valence-corrected chi connectivity index (χ4v) is 7.93. The fourth-order valence-electron chi connectivity index (χ4n) is 7.93. The summed E-state index contributed by atoms with van der Waals surface area (Å²) in [6.45, 7) is 4.46. The molecule has 4 rings (SSSR count). The maximum absolute atomic E-state index is 12.7. The first kappa shape index (κ1) is 29.3. The van der Waals surface area contributed by atoms with Crippen LogP contribution in [0.3, 0.4) is 0 Å². The van der Waals surface area contributed by atoms with Crippen LogP contribution in [0.5, 0.6) is 0 Å². The SMILES string of the molecule is CCCCCC1CCC(c2ccc(C(=O)COC(=O)C3CCC(C4CCC(CCC)CC4)CC3)cc2)CC1. The molecule has 0 bridgehead atoms. The first-order valence-corrected chi connectivity index (χ1v) is 16.4.